The number of nitrogens with zero attached hydrogens (tertiary/aromatic N) is 2. The van der Waals surface area contributed by atoms with Crippen LogP contribution in [0, 0.1) is 0 Å². The van der Waals surface area contributed by atoms with E-state index < -0.39 is 18.4 Å². The quantitative estimate of drug-likeness (QED) is 0.366. The molecule has 2 aromatic rings. The number of carbonyl (C=O) groups excluding carboxylic acids is 1. The fourth-order valence-electron chi connectivity index (χ4n) is 4.69. The lowest BCUT2D eigenvalue weighted by molar-refractivity contribution is -0.140. The van der Waals surface area contributed by atoms with Crippen molar-refractivity contribution in [3.8, 4) is 5.75 Å². The molecule has 1 fully saturated rings. The Morgan fingerprint density at radius 2 is 2.00 bits per heavy atom. The molecule has 8 heteroatoms. The normalized spacial score (nSPS) is 19.0. The SMILES string of the molecule is COc1ccc(N2c3ccc(/C=C/C(=O)N(CC(=O)O)C(=S)S)cc3C3CCCC32)cc1. The number of carboxylic acids is 1. The van der Waals surface area contributed by atoms with E-state index in [9.17, 15) is 9.59 Å². The first-order valence-electron chi connectivity index (χ1n) is 10.4. The Kier molecular flexibility index (Phi) is 6.53. The van der Waals surface area contributed by atoms with E-state index in [1.54, 1.807) is 13.2 Å². The molecular formula is C24H24N2O4S2. The summed E-state index contributed by atoms with van der Waals surface area (Å²) in [6.45, 7) is -0.518. The molecule has 0 saturated heterocycles. The van der Waals surface area contributed by atoms with E-state index in [-0.39, 0.29) is 4.32 Å². The number of methoxy groups -OCH3 is 1. The van der Waals surface area contributed by atoms with Crippen molar-refractivity contribution in [1.29, 1.82) is 0 Å². The summed E-state index contributed by atoms with van der Waals surface area (Å²) in [7, 11) is 1.66. The number of hydrogen-bond donors (Lipinski definition) is 2. The molecule has 2 unspecified atom stereocenters. The van der Waals surface area contributed by atoms with Crippen LogP contribution in [0.3, 0.4) is 0 Å². The molecule has 1 heterocycles. The summed E-state index contributed by atoms with van der Waals surface area (Å²) < 4.78 is 5.23. The highest BCUT2D eigenvalue weighted by atomic mass is 32.1. The van der Waals surface area contributed by atoms with Gasteiger partial charge in [0.05, 0.1) is 7.11 Å². The molecule has 1 aliphatic carbocycles. The van der Waals surface area contributed by atoms with Gasteiger partial charge in [-0.2, -0.15) is 0 Å². The summed E-state index contributed by atoms with van der Waals surface area (Å²) in [5, 5.41) is 8.98. The summed E-state index contributed by atoms with van der Waals surface area (Å²) in [6.07, 6.45) is 6.50. The Bertz CT molecular complexity index is 1080. The third kappa shape index (κ3) is 4.38. The van der Waals surface area contributed by atoms with Crippen LogP contribution in [0.15, 0.2) is 48.5 Å². The van der Waals surface area contributed by atoms with Gasteiger partial charge in [-0.25, -0.2) is 0 Å². The average Bonchev–Trinajstić information content (AvgIpc) is 3.36. The van der Waals surface area contributed by atoms with E-state index in [1.807, 2.05) is 18.2 Å². The van der Waals surface area contributed by atoms with Crippen LogP contribution in [-0.2, 0) is 9.59 Å². The first-order valence-corrected chi connectivity index (χ1v) is 11.3. The largest absolute Gasteiger partial charge is 0.497 e. The predicted molar refractivity (Wildman–Crippen MR) is 132 cm³/mol. The molecule has 0 aromatic heterocycles. The molecule has 2 atom stereocenters. The van der Waals surface area contributed by atoms with E-state index in [0.717, 1.165) is 34.7 Å². The maximum absolute atomic E-state index is 12.4. The molecule has 4 rings (SSSR count). The van der Waals surface area contributed by atoms with Crippen molar-refractivity contribution in [3.63, 3.8) is 0 Å². The minimum Gasteiger partial charge on any atom is -0.497 e. The lowest BCUT2D eigenvalue weighted by atomic mass is 9.96. The van der Waals surface area contributed by atoms with E-state index in [1.165, 1.54) is 23.7 Å². The second-order valence-corrected chi connectivity index (χ2v) is 9.04. The molecule has 1 saturated carbocycles. The molecular weight excluding hydrogens is 444 g/mol. The monoisotopic (exact) mass is 468 g/mol. The second kappa shape index (κ2) is 9.34. The van der Waals surface area contributed by atoms with Crippen molar-refractivity contribution in [2.24, 2.45) is 0 Å². The summed E-state index contributed by atoms with van der Waals surface area (Å²) >= 11 is 8.86. The van der Waals surface area contributed by atoms with Crippen LogP contribution in [0.25, 0.3) is 6.08 Å². The van der Waals surface area contributed by atoms with Crippen molar-refractivity contribution in [2.45, 2.75) is 31.2 Å². The van der Waals surface area contributed by atoms with Gasteiger partial charge in [0, 0.05) is 29.4 Å². The van der Waals surface area contributed by atoms with Crippen LogP contribution in [0.5, 0.6) is 5.75 Å². The van der Waals surface area contributed by atoms with Crippen molar-refractivity contribution in [2.75, 3.05) is 18.6 Å². The van der Waals surface area contributed by atoms with Crippen LogP contribution in [0.2, 0.25) is 0 Å². The standard InChI is InChI=1S/C24H24N2O4S2/c1-30-17-9-7-16(8-10-17)26-20-4-2-3-18(20)19-13-15(5-11-21(19)26)6-12-22(27)25(24(31)32)14-23(28)29/h5-13,18,20H,2-4,14H2,1H3,(H,28,29)(H,31,32)/b12-6+. The molecule has 32 heavy (non-hydrogen) atoms. The zero-order valence-corrected chi connectivity index (χ0v) is 19.3. The second-order valence-electron chi connectivity index (χ2n) is 7.93. The topological polar surface area (TPSA) is 70.1 Å². The number of amides is 1. The third-order valence-corrected chi connectivity index (χ3v) is 6.54. The molecule has 1 aliphatic heterocycles. The third-order valence-electron chi connectivity index (χ3n) is 6.08. The van der Waals surface area contributed by atoms with Gasteiger partial charge in [-0.3, -0.25) is 14.5 Å². The summed E-state index contributed by atoms with van der Waals surface area (Å²) in [5.41, 5.74) is 4.51. The highest BCUT2D eigenvalue weighted by Crippen LogP contribution is 2.52. The number of fused-ring (bicyclic) bond motifs is 3. The number of carboxylic acid groups (broad SMARTS) is 1. The molecule has 2 aliphatic rings. The fraction of sp³-hybridized carbons (Fsp3) is 0.292. The van der Waals surface area contributed by atoms with Gasteiger partial charge in [0.2, 0.25) is 0 Å². The van der Waals surface area contributed by atoms with E-state index in [2.05, 4.69) is 41.8 Å². The van der Waals surface area contributed by atoms with Crippen molar-refractivity contribution < 1.29 is 19.4 Å². The first-order chi connectivity index (χ1) is 15.4. The smallest absolute Gasteiger partial charge is 0.323 e. The van der Waals surface area contributed by atoms with Crippen LogP contribution < -0.4 is 9.64 Å². The summed E-state index contributed by atoms with van der Waals surface area (Å²) in [6, 6.07) is 14.8. The predicted octanol–water partition coefficient (Wildman–Crippen LogP) is 4.62. The van der Waals surface area contributed by atoms with Gasteiger partial charge in [-0.1, -0.05) is 24.7 Å². The summed E-state index contributed by atoms with van der Waals surface area (Å²) in [4.78, 5) is 26.8. The minimum atomic E-state index is -1.15. The minimum absolute atomic E-state index is 0.0695. The highest BCUT2D eigenvalue weighted by molar-refractivity contribution is 8.11. The number of rotatable bonds is 6. The number of hydrogen-bond acceptors (Lipinski definition) is 5. The highest BCUT2D eigenvalue weighted by Gasteiger charge is 2.42. The zero-order valence-electron chi connectivity index (χ0n) is 17.6. The maximum atomic E-state index is 12.4. The van der Waals surface area contributed by atoms with E-state index >= 15 is 0 Å². The molecule has 0 bridgehead atoms. The Labute approximate surface area is 197 Å². The maximum Gasteiger partial charge on any atom is 0.323 e. The van der Waals surface area contributed by atoms with Gasteiger partial charge >= 0.3 is 5.97 Å². The van der Waals surface area contributed by atoms with Crippen molar-refractivity contribution >= 4 is 58.5 Å². The Hall–Kier alpha value is -2.84. The van der Waals surface area contributed by atoms with Crippen LogP contribution in [0.4, 0.5) is 11.4 Å². The molecule has 1 N–H and O–H groups in total. The number of benzene rings is 2. The fourth-order valence-corrected chi connectivity index (χ4v) is 5.01. The van der Waals surface area contributed by atoms with E-state index in [4.69, 9.17) is 22.1 Å². The Morgan fingerprint density at radius 1 is 1.25 bits per heavy atom. The molecule has 1 amide bonds. The first kappa shape index (κ1) is 22.4. The number of anilines is 2. The lowest BCUT2D eigenvalue weighted by Gasteiger charge is -2.27. The number of carbonyl (C=O) groups is 2. The molecule has 2 aromatic carbocycles. The van der Waals surface area contributed by atoms with Crippen molar-refractivity contribution in [3.05, 3.63) is 59.7 Å². The van der Waals surface area contributed by atoms with Gasteiger partial charge < -0.3 is 14.7 Å². The zero-order chi connectivity index (χ0) is 22.8. The van der Waals surface area contributed by atoms with Crippen LogP contribution in [-0.4, -0.2) is 45.9 Å². The molecule has 0 spiro atoms. The molecule has 166 valence electrons. The number of ether oxygens (including phenoxy) is 1. The molecule has 6 nitrogen and oxygen atoms in total. The van der Waals surface area contributed by atoms with Gasteiger partial charge in [-0.15, -0.1) is 12.6 Å². The average molecular weight is 469 g/mol. The Balaban J connectivity index is 1.60. The van der Waals surface area contributed by atoms with Crippen LogP contribution in [0.1, 0.15) is 36.3 Å². The lowest BCUT2D eigenvalue weighted by Crippen LogP contribution is -2.36. The summed E-state index contributed by atoms with van der Waals surface area (Å²) in [5.74, 6) is -0.373. The Morgan fingerprint density at radius 3 is 2.66 bits per heavy atom. The van der Waals surface area contributed by atoms with Gasteiger partial charge in [0.15, 0.2) is 0 Å². The number of thiol groups is 1. The van der Waals surface area contributed by atoms with E-state index in [0.29, 0.717) is 12.0 Å². The number of aliphatic carboxylic acids is 1. The number of thiocarbonyl (C=S) groups is 1. The molecule has 0 radical (unpaired) electrons. The van der Waals surface area contributed by atoms with Gasteiger partial charge in [0.25, 0.3) is 5.91 Å². The van der Waals surface area contributed by atoms with Crippen molar-refractivity contribution in [1.82, 2.24) is 4.90 Å². The van der Waals surface area contributed by atoms with Gasteiger partial charge in [0.1, 0.15) is 16.6 Å². The van der Waals surface area contributed by atoms with Gasteiger partial charge in [-0.05, 0) is 66.4 Å². The van der Waals surface area contributed by atoms with Crippen LogP contribution >= 0.6 is 24.8 Å².